The number of ketones is 1. The number of fused-ring (bicyclic) bond motifs is 2. The second-order valence-electron chi connectivity index (χ2n) is 9.35. The van der Waals surface area contributed by atoms with E-state index in [1.807, 2.05) is 29.2 Å². The monoisotopic (exact) mass is 468 g/mol. The summed E-state index contributed by atoms with van der Waals surface area (Å²) < 4.78 is 11.2. The smallest absolute Gasteiger partial charge is 0.289 e. The highest BCUT2D eigenvalue weighted by molar-refractivity contribution is 6.28. The second-order valence-corrected chi connectivity index (χ2v) is 9.35. The van der Waals surface area contributed by atoms with Crippen molar-refractivity contribution in [2.45, 2.75) is 12.8 Å². The Balaban J connectivity index is 1.33. The van der Waals surface area contributed by atoms with Crippen LogP contribution in [0.4, 0.5) is 11.4 Å². The van der Waals surface area contributed by atoms with Gasteiger partial charge in [0.1, 0.15) is 5.52 Å². The first-order valence-electron chi connectivity index (χ1n) is 12.1. The van der Waals surface area contributed by atoms with Gasteiger partial charge in [0, 0.05) is 50.4 Å². The highest BCUT2D eigenvalue weighted by Gasteiger charge is 2.36. The Morgan fingerprint density at radius 3 is 2.34 bits per heavy atom. The average molecular weight is 469 g/mol. The van der Waals surface area contributed by atoms with Crippen molar-refractivity contribution in [3.8, 4) is 11.3 Å². The summed E-state index contributed by atoms with van der Waals surface area (Å²) in [6.07, 6.45) is 3.79. The molecule has 1 amide bonds. The zero-order valence-electron chi connectivity index (χ0n) is 19.2. The molecule has 176 valence electrons. The van der Waals surface area contributed by atoms with Crippen LogP contribution in [0.5, 0.6) is 0 Å². The molecule has 0 N–H and O–H groups in total. The average Bonchev–Trinajstić information content (AvgIpc) is 3.69. The third-order valence-corrected chi connectivity index (χ3v) is 7.44. The van der Waals surface area contributed by atoms with E-state index in [1.165, 1.54) is 6.26 Å². The fourth-order valence-electron chi connectivity index (χ4n) is 5.68. The van der Waals surface area contributed by atoms with Gasteiger partial charge in [-0.15, -0.1) is 0 Å². The number of carbonyl (C=O) groups is 2. The minimum Gasteiger partial charge on any atom is -0.459 e. The Labute approximate surface area is 201 Å². The van der Waals surface area contributed by atoms with Crippen LogP contribution in [0, 0.1) is 0 Å². The van der Waals surface area contributed by atoms with E-state index in [0.717, 1.165) is 53.8 Å². The number of benzene rings is 2. The quantitative estimate of drug-likeness (QED) is 0.393. The number of hydrogen-bond acceptors (Lipinski definition) is 7. The Morgan fingerprint density at radius 1 is 0.857 bits per heavy atom. The number of rotatable bonds is 3. The van der Waals surface area contributed by atoms with Crippen LogP contribution in [0.15, 0.2) is 57.7 Å². The lowest BCUT2D eigenvalue weighted by Crippen LogP contribution is -2.49. The third kappa shape index (κ3) is 3.02. The molecular formula is C27H24N4O4. The van der Waals surface area contributed by atoms with Gasteiger partial charge in [-0.05, 0) is 31.0 Å². The number of aromatic nitrogens is 1. The van der Waals surface area contributed by atoms with Crippen molar-refractivity contribution >= 4 is 34.0 Å². The summed E-state index contributed by atoms with van der Waals surface area (Å²) in [6, 6.07) is 13.1. The summed E-state index contributed by atoms with van der Waals surface area (Å²) in [5, 5.41) is 5.28. The maximum absolute atomic E-state index is 13.8. The lowest BCUT2D eigenvalue weighted by atomic mass is 9.86. The van der Waals surface area contributed by atoms with Crippen LogP contribution >= 0.6 is 0 Å². The number of piperazine rings is 1. The van der Waals surface area contributed by atoms with Gasteiger partial charge < -0.3 is 23.6 Å². The Bertz CT molecular complexity index is 1460. The fourth-order valence-corrected chi connectivity index (χ4v) is 5.68. The largest absolute Gasteiger partial charge is 0.459 e. The first kappa shape index (κ1) is 20.3. The highest BCUT2D eigenvalue weighted by atomic mass is 16.5. The van der Waals surface area contributed by atoms with Gasteiger partial charge in [-0.2, -0.15) is 0 Å². The summed E-state index contributed by atoms with van der Waals surface area (Å²) in [5.74, 6) is 0.917. The molecule has 8 heteroatoms. The first-order valence-corrected chi connectivity index (χ1v) is 12.1. The standard InChI is InChI=1S/C27H24N4O4/c32-25-17-6-1-2-7-18(17)26-23-22(25)19(16-20(24(23)28-35-26)29-9-3-4-10-29)30-11-13-31(14-12-30)27(33)21-8-5-15-34-21/h1-2,5-8,15-16H,3-4,9-14H2. The number of amides is 1. The van der Waals surface area contributed by atoms with Gasteiger partial charge in [-0.1, -0.05) is 29.4 Å². The zero-order chi connectivity index (χ0) is 23.5. The number of carbonyl (C=O) groups excluding carboxylic acids is 2. The second kappa shape index (κ2) is 7.73. The van der Waals surface area contributed by atoms with E-state index >= 15 is 0 Å². The molecule has 2 aliphatic heterocycles. The molecule has 35 heavy (non-hydrogen) atoms. The fraction of sp³-hybridized carbons (Fsp3) is 0.296. The zero-order valence-corrected chi connectivity index (χ0v) is 19.2. The molecule has 2 fully saturated rings. The van der Waals surface area contributed by atoms with Crippen LogP contribution in [0.2, 0.25) is 0 Å². The van der Waals surface area contributed by atoms with Crippen molar-refractivity contribution in [1.82, 2.24) is 10.1 Å². The first-order chi connectivity index (χ1) is 17.2. The summed E-state index contributed by atoms with van der Waals surface area (Å²) in [6.45, 7) is 4.28. The van der Waals surface area contributed by atoms with Gasteiger partial charge in [0.25, 0.3) is 5.91 Å². The summed E-state index contributed by atoms with van der Waals surface area (Å²) in [5.41, 5.74) is 4.77. The maximum Gasteiger partial charge on any atom is 0.289 e. The van der Waals surface area contributed by atoms with Crippen LogP contribution in [-0.2, 0) is 0 Å². The van der Waals surface area contributed by atoms with Crippen LogP contribution < -0.4 is 9.80 Å². The lowest BCUT2D eigenvalue weighted by Gasteiger charge is -2.37. The van der Waals surface area contributed by atoms with Crippen molar-refractivity contribution < 1.29 is 18.5 Å². The molecule has 4 heterocycles. The van der Waals surface area contributed by atoms with Crippen LogP contribution in [0.1, 0.15) is 39.3 Å². The summed E-state index contributed by atoms with van der Waals surface area (Å²) >= 11 is 0. The molecule has 8 nitrogen and oxygen atoms in total. The van der Waals surface area contributed by atoms with E-state index in [-0.39, 0.29) is 11.7 Å². The van der Waals surface area contributed by atoms with E-state index in [1.54, 1.807) is 12.1 Å². The number of nitrogens with zero attached hydrogens (tertiary/aromatic N) is 4. The van der Waals surface area contributed by atoms with Crippen molar-refractivity contribution in [1.29, 1.82) is 0 Å². The van der Waals surface area contributed by atoms with E-state index in [0.29, 0.717) is 48.8 Å². The molecule has 7 rings (SSSR count). The van der Waals surface area contributed by atoms with Gasteiger partial charge in [0.05, 0.1) is 28.6 Å². The molecule has 0 saturated carbocycles. The van der Waals surface area contributed by atoms with Crippen molar-refractivity contribution in [3.05, 3.63) is 65.6 Å². The minimum atomic E-state index is -0.101. The molecule has 2 saturated heterocycles. The third-order valence-electron chi connectivity index (χ3n) is 7.44. The molecule has 1 aliphatic carbocycles. The van der Waals surface area contributed by atoms with E-state index < -0.39 is 0 Å². The van der Waals surface area contributed by atoms with E-state index in [2.05, 4.69) is 21.0 Å². The van der Waals surface area contributed by atoms with Crippen molar-refractivity contribution in [2.24, 2.45) is 0 Å². The molecule has 0 atom stereocenters. The predicted octanol–water partition coefficient (Wildman–Crippen LogP) is 4.19. The number of anilines is 2. The van der Waals surface area contributed by atoms with E-state index in [9.17, 15) is 9.59 Å². The van der Waals surface area contributed by atoms with Gasteiger partial charge in [-0.3, -0.25) is 9.59 Å². The molecule has 0 radical (unpaired) electrons. The molecular weight excluding hydrogens is 444 g/mol. The van der Waals surface area contributed by atoms with Gasteiger partial charge in [0.2, 0.25) is 0 Å². The SMILES string of the molecule is O=C1c2ccccc2-c2onc3c(N4CCCC4)cc(N4CCN(C(=O)c5ccco5)CC4)c1c23. The number of hydrogen-bond donors (Lipinski definition) is 0. The normalized spacial score (nSPS) is 17.4. The van der Waals surface area contributed by atoms with Gasteiger partial charge in [0.15, 0.2) is 17.3 Å². The highest BCUT2D eigenvalue weighted by Crippen LogP contribution is 2.47. The maximum atomic E-state index is 13.8. The molecule has 0 spiro atoms. The topological polar surface area (TPSA) is 83.0 Å². The van der Waals surface area contributed by atoms with Crippen LogP contribution in [-0.4, -0.2) is 61.0 Å². The van der Waals surface area contributed by atoms with Crippen LogP contribution in [0.25, 0.3) is 22.2 Å². The van der Waals surface area contributed by atoms with E-state index in [4.69, 9.17) is 8.94 Å². The molecule has 0 bridgehead atoms. The predicted molar refractivity (Wildman–Crippen MR) is 131 cm³/mol. The van der Waals surface area contributed by atoms with Gasteiger partial charge in [-0.25, -0.2) is 0 Å². The summed E-state index contributed by atoms with van der Waals surface area (Å²) in [7, 11) is 0. The summed E-state index contributed by atoms with van der Waals surface area (Å²) in [4.78, 5) is 33.0. The number of furan rings is 1. The van der Waals surface area contributed by atoms with Crippen LogP contribution in [0.3, 0.4) is 0 Å². The van der Waals surface area contributed by atoms with Crippen molar-refractivity contribution in [3.63, 3.8) is 0 Å². The molecule has 3 aliphatic rings. The molecule has 2 aromatic heterocycles. The molecule has 0 unspecified atom stereocenters. The minimum absolute atomic E-state index is 0.00152. The Hall–Kier alpha value is -4.07. The lowest BCUT2D eigenvalue weighted by molar-refractivity contribution is 0.0714. The molecule has 4 aromatic rings. The Morgan fingerprint density at radius 2 is 1.60 bits per heavy atom. The molecule has 2 aromatic carbocycles. The van der Waals surface area contributed by atoms with Gasteiger partial charge >= 0.3 is 0 Å². The Kier molecular flexibility index (Phi) is 4.49. The van der Waals surface area contributed by atoms with Crippen molar-refractivity contribution in [2.75, 3.05) is 49.1 Å².